The van der Waals surface area contributed by atoms with Gasteiger partial charge in [-0.2, -0.15) is 0 Å². The van der Waals surface area contributed by atoms with Gasteiger partial charge in [0.25, 0.3) is 0 Å². The van der Waals surface area contributed by atoms with Gasteiger partial charge in [0.05, 0.1) is 19.9 Å². The van der Waals surface area contributed by atoms with Crippen LogP contribution in [0, 0.1) is 13.8 Å². The molecule has 0 radical (unpaired) electrons. The monoisotopic (exact) mass is 292 g/mol. The lowest BCUT2D eigenvalue weighted by Gasteiger charge is -2.09. The molecule has 2 aromatic rings. The predicted molar refractivity (Wildman–Crippen MR) is 79.2 cm³/mol. The molecule has 0 aliphatic rings. The summed E-state index contributed by atoms with van der Waals surface area (Å²) in [5.41, 5.74) is 2.26. The van der Waals surface area contributed by atoms with E-state index >= 15 is 0 Å². The Balaban J connectivity index is 2.31. The van der Waals surface area contributed by atoms with E-state index in [1.54, 1.807) is 7.11 Å². The molecule has 0 saturated carbocycles. The third-order valence-electron chi connectivity index (χ3n) is 2.77. The van der Waals surface area contributed by atoms with Crippen LogP contribution >= 0.6 is 11.3 Å². The Morgan fingerprint density at radius 1 is 1.30 bits per heavy atom. The molecule has 0 spiro atoms. The van der Waals surface area contributed by atoms with Crippen molar-refractivity contribution in [1.29, 1.82) is 0 Å². The van der Waals surface area contributed by atoms with Crippen LogP contribution in [0.4, 0.5) is 10.8 Å². The second-order valence-corrected chi connectivity index (χ2v) is 5.45. The smallest absolute Gasteiger partial charge is 0.357 e. The minimum Gasteiger partial charge on any atom is -0.495 e. The van der Waals surface area contributed by atoms with Crippen LogP contribution in [0.5, 0.6) is 5.75 Å². The summed E-state index contributed by atoms with van der Waals surface area (Å²) in [5, 5.41) is 3.81. The Kier molecular flexibility index (Phi) is 4.24. The highest BCUT2D eigenvalue weighted by Crippen LogP contribution is 2.31. The van der Waals surface area contributed by atoms with Crippen LogP contribution < -0.4 is 10.1 Å². The Labute approximate surface area is 121 Å². The lowest BCUT2D eigenvalue weighted by Crippen LogP contribution is -2.03. The van der Waals surface area contributed by atoms with Gasteiger partial charge in [-0.15, -0.1) is 11.3 Å². The number of benzene rings is 1. The molecule has 20 heavy (non-hydrogen) atoms. The highest BCUT2D eigenvalue weighted by Gasteiger charge is 2.16. The van der Waals surface area contributed by atoms with E-state index < -0.39 is 5.97 Å². The van der Waals surface area contributed by atoms with Gasteiger partial charge in [0, 0.05) is 4.88 Å². The van der Waals surface area contributed by atoms with Gasteiger partial charge in [0.1, 0.15) is 5.75 Å². The number of rotatable bonds is 4. The first-order chi connectivity index (χ1) is 9.55. The van der Waals surface area contributed by atoms with Gasteiger partial charge in [-0.05, 0) is 31.5 Å². The molecule has 5 nitrogen and oxygen atoms in total. The molecular formula is C14H16N2O3S. The van der Waals surface area contributed by atoms with Gasteiger partial charge in [0.15, 0.2) is 10.8 Å². The third-order valence-corrected chi connectivity index (χ3v) is 3.66. The second kappa shape index (κ2) is 5.92. The zero-order valence-electron chi connectivity index (χ0n) is 11.8. The van der Waals surface area contributed by atoms with Crippen LogP contribution in [0.3, 0.4) is 0 Å². The Bertz CT molecular complexity index is 637. The fourth-order valence-corrected chi connectivity index (χ4v) is 2.58. The first kappa shape index (κ1) is 14.3. The van der Waals surface area contributed by atoms with E-state index in [4.69, 9.17) is 9.47 Å². The number of hydrogen-bond donors (Lipinski definition) is 1. The number of esters is 1. The van der Waals surface area contributed by atoms with E-state index in [1.807, 2.05) is 32.0 Å². The summed E-state index contributed by atoms with van der Waals surface area (Å²) in [6.45, 7) is 3.83. The fourth-order valence-electron chi connectivity index (χ4n) is 1.77. The Hall–Kier alpha value is -2.08. The van der Waals surface area contributed by atoms with E-state index in [0.29, 0.717) is 10.8 Å². The topological polar surface area (TPSA) is 60.5 Å². The fraction of sp³-hybridized carbons (Fsp3) is 0.286. The van der Waals surface area contributed by atoms with Crippen molar-refractivity contribution >= 4 is 28.1 Å². The van der Waals surface area contributed by atoms with Crippen LogP contribution in [-0.2, 0) is 4.74 Å². The number of anilines is 2. The average Bonchev–Trinajstić information content (AvgIpc) is 2.79. The number of aromatic nitrogens is 1. The van der Waals surface area contributed by atoms with Crippen molar-refractivity contribution in [3.05, 3.63) is 34.3 Å². The van der Waals surface area contributed by atoms with Gasteiger partial charge in [-0.3, -0.25) is 0 Å². The summed E-state index contributed by atoms with van der Waals surface area (Å²) in [7, 11) is 2.96. The molecule has 106 valence electrons. The number of methoxy groups -OCH3 is 2. The molecule has 0 fully saturated rings. The van der Waals surface area contributed by atoms with Crippen molar-refractivity contribution < 1.29 is 14.3 Å². The summed E-state index contributed by atoms with van der Waals surface area (Å²) in [4.78, 5) is 16.6. The molecule has 1 heterocycles. The standard InChI is InChI=1S/C14H16N2O3S/c1-8-5-6-11(18-3)10(7-8)15-14-16-12(9(2)20-14)13(17)19-4/h5-7H,1-4H3,(H,15,16). The molecule has 1 aromatic carbocycles. The van der Waals surface area contributed by atoms with E-state index in [0.717, 1.165) is 21.9 Å². The average molecular weight is 292 g/mol. The van der Waals surface area contributed by atoms with Crippen LogP contribution in [-0.4, -0.2) is 25.2 Å². The molecule has 0 aliphatic carbocycles. The van der Waals surface area contributed by atoms with Crippen molar-refractivity contribution in [3.63, 3.8) is 0 Å². The Morgan fingerprint density at radius 2 is 2.05 bits per heavy atom. The van der Waals surface area contributed by atoms with Crippen LogP contribution in [0.1, 0.15) is 20.9 Å². The zero-order chi connectivity index (χ0) is 14.7. The molecule has 0 unspecified atom stereocenters. The van der Waals surface area contributed by atoms with Crippen molar-refractivity contribution in [3.8, 4) is 5.75 Å². The molecule has 0 saturated heterocycles. The number of thiazole rings is 1. The van der Waals surface area contributed by atoms with Crippen molar-refractivity contribution in [2.75, 3.05) is 19.5 Å². The summed E-state index contributed by atoms with van der Waals surface area (Å²) in [6, 6.07) is 5.82. The van der Waals surface area contributed by atoms with Crippen LogP contribution in [0.25, 0.3) is 0 Å². The molecule has 0 bridgehead atoms. The number of aryl methyl sites for hydroxylation is 2. The van der Waals surface area contributed by atoms with Gasteiger partial charge in [0.2, 0.25) is 0 Å². The maximum absolute atomic E-state index is 11.5. The largest absolute Gasteiger partial charge is 0.495 e. The van der Waals surface area contributed by atoms with Crippen LogP contribution in [0.2, 0.25) is 0 Å². The maximum Gasteiger partial charge on any atom is 0.357 e. The summed E-state index contributed by atoms with van der Waals surface area (Å²) >= 11 is 1.40. The van der Waals surface area contributed by atoms with E-state index in [-0.39, 0.29) is 0 Å². The molecule has 6 heteroatoms. The minimum absolute atomic E-state index is 0.339. The van der Waals surface area contributed by atoms with Gasteiger partial charge >= 0.3 is 5.97 Å². The highest BCUT2D eigenvalue weighted by molar-refractivity contribution is 7.15. The number of nitrogens with zero attached hydrogens (tertiary/aromatic N) is 1. The minimum atomic E-state index is -0.428. The number of hydrogen-bond acceptors (Lipinski definition) is 6. The summed E-state index contributed by atoms with van der Waals surface area (Å²) < 4.78 is 10.00. The molecule has 2 rings (SSSR count). The highest BCUT2D eigenvalue weighted by atomic mass is 32.1. The van der Waals surface area contributed by atoms with Gasteiger partial charge in [-0.1, -0.05) is 6.07 Å². The molecular weight excluding hydrogens is 276 g/mol. The lowest BCUT2D eigenvalue weighted by atomic mass is 10.2. The van der Waals surface area contributed by atoms with Crippen molar-refractivity contribution in [2.24, 2.45) is 0 Å². The summed E-state index contributed by atoms with van der Waals surface area (Å²) in [6.07, 6.45) is 0. The molecule has 0 amide bonds. The maximum atomic E-state index is 11.5. The van der Waals surface area contributed by atoms with E-state index in [2.05, 4.69) is 10.3 Å². The predicted octanol–water partition coefficient (Wildman–Crippen LogP) is 3.30. The molecule has 0 atom stereocenters. The number of ether oxygens (including phenoxy) is 2. The SMILES string of the molecule is COC(=O)c1nc(Nc2cc(C)ccc2OC)sc1C. The quantitative estimate of drug-likeness (QED) is 0.876. The molecule has 1 N–H and O–H groups in total. The number of carbonyl (C=O) groups excluding carboxylic acids is 1. The first-order valence-electron chi connectivity index (χ1n) is 6.02. The Morgan fingerprint density at radius 3 is 2.70 bits per heavy atom. The van der Waals surface area contributed by atoms with E-state index in [1.165, 1.54) is 18.4 Å². The van der Waals surface area contributed by atoms with Crippen molar-refractivity contribution in [1.82, 2.24) is 4.98 Å². The number of carbonyl (C=O) groups is 1. The number of nitrogens with one attached hydrogen (secondary N) is 1. The zero-order valence-corrected chi connectivity index (χ0v) is 12.6. The van der Waals surface area contributed by atoms with E-state index in [9.17, 15) is 4.79 Å². The lowest BCUT2D eigenvalue weighted by molar-refractivity contribution is 0.0594. The normalized spacial score (nSPS) is 10.2. The first-order valence-corrected chi connectivity index (χ1v) is 6.84. The third kappa shape index (κ3) is 2.91. The van der Waals surface area contributed by atoms with Crippen LogP contribution in [0.15, 0.2) is 18.2 Å². The second-order valence-electron chi connectivity index (χ2n) is 4.24. The molecule has 0 aliphatic heterocycles. The van der Waals surface area contributed by atoms with Gasteiger partial charge < -0.3 is 14.8 Å². The molecule has 1 aromatic heterocycles. The van der Waals surface area contributed by atoms with Crippen molar-refractivity contribution in [2.45, 2.75) is 13.8 Å². The summed E-state index contributed by atoms with van der Waals surface area (Å²) in [5.74, 6) is 0.297. The van der Waals surface area contributed by atoms with Gasteiger partial charge in [-0.25, -0.2) is 9.78 Å².